The molecule has 29 heavy (non-hydrogen) atoms. The van der Waals surface area contributed by atoms with Crippen LogP contribution in [0.5, 0.6) is 0 Å². The number of esters is 1. The Labute approximate surface area is 173 Å². The van der Waals surface area contributed by atoms with Crippen LogP contribution in [-0.2, 0) is 19.1 Å². The molecule has 152 valence electrons. The molecule has 0 aliphatic carbocycles. The number of nitrogens with one attached hydrogen (secondary N) is 2. The first-order chi connectivity index (χ1) is 13.8. The highest BCUT2D eigenvalue weighted by atomic mass is 35.5. The molecule has 7 nitrogen and oxygen atoms in total. The Bertz CT molecular complexity index is 896. The molecule has 0 spiro atoms. The van der Waals surface area contributed by atoms with Gasteiger partial charge in [0, 0.05) is 34.8 Å². The van der Waals surface area contributed by atoms with E-state index in [0.717, 1.165) is 0 Å². The molecule has 0 aromatic heterocycles. The van der Waals surface area contributed by atoms with Crippen LogP contribution in [0.25, 0.3) is 0 Å². The lowest BCUT2D eigenvalue weighted by atomic mass is 10.1. The van der Waals surface area contributed by atoms with Gasteiger partial charge in [-0.15, -0.1) is 0 Å². The third kappa shape index (κ3) is 8.15. The minimum atomic E-state index is -0.567. The van der Waals surface area contributed by atoms with Crippen molar-refractivity contribution in [2.75, 3.05) is 17.2 Å². The van der Waals surface area contributed by atoms with Gasteiger partial charge in [0.2, 0.25) is 5.91 Å². The van der Waals surface area contributed by atoms with Crippen LogP contribution in [-0.4, -0.2) is 30.2 Å². The molecule has 0 fully saturated rings. The van der Waals surface area contributed by atoms with Gasteiger partial charge in [-0.1, -0.05) is 23.7 Å². The number of hydrogen-bond acceptors (Lipinski definition) is 5. The number of carbonyl (C=O) groups excluding carboxylic acids is 4. The molecule has 0 heterocycles. The van der Waals surface area contributed by atoms with Gasteiger partial charge < -0.3 is 15.4 Å². The first-order valence-electron chi connectivity index (χ1n) is 8.95. The number of benzene rings is 2. The first-order valence-corrected chi connectivity index (χ1v) is 9.33. The van der Waals surface area contributed by atoms with E-state index in [0.29, 0.717) is 22.0 Å². The average Bonchev–Trinajstić information content (AvgIpc) is 2.68. The molecule has 2 aromatic carbocycles. The molecule has 0 bridgehead atoms. The standard InChI is InChI=1S/C21H21ClN2O5/c1-14(25)15-4-2-5-18(12-15)24-19(26)6-3-7-21(28)29-13-20(27)23-17-10-8-16(22)9-11-17/h2,4-5,8-12H,3,6-7,13H2,1H3,(H,23,27)(H,24,26). The van der Waals surface area contributed by atoms with E-state index in [9.17, 15) is 19.2 Å². The topological polar surface area (TPSA) is 102 Å². The predicted molar refractivity (Wildman–Crippen MR) is 110 cm³/mol. The third-order valence-electron chi connectivity index (χ3n) is 3.83. The van der Waals surface area contributed by atoms with Crippen LogP contribution in [0.2, 0.25) is 5.02 Å². The van der Waals surface area contributed by atoms with E-state index in [1.165, 1.54) is 6.92 Å². The van der Waals surface area contributed by atoms with Crippen molar-refractivity contribution in [1.29, 1.82) is 0 Å². The lowest BCUT2D eigenvalue weighted by molar-refractivity contribution is -0.147. The number of carbonyl (C=O) groups is 4. The van der Waals surface area contributed by atoms with Crippen molar-refractivity contribution in [2.24, 2.45) is 0 Å². The fourth-order valence-corrected chi connectivity index (χ4v) is 2.51. The van der Waals surface area contributed by atoms with E-state index >= 15 is 0 Å². The highest BCUT2D eigenvalue weighted by molar-refractivity contribution is 6.30. The average molecular weight is 417 g/mol. The van der Waals surface area contributed by atoms with E-state index in [2.05, 4.69) is 10.6 Å². The molecule has 2 rings (SSSR count). The Hall–Kier alpha value is -3.19. The Morgan fingerprint density at radius 1 is 0.897 bits per heavy atom. The van der Waals surface area contributed by atoms with Crippen molar-refractivity contribution in [3.8, 4) is 0 Å². The second-order valence-electron chi connectivity index (χ2n) is 6.25. The van der Waals surface area contributed by atoms with Crippen molar-refractivity contribution in [2.45, 2.75) is 26.2 Å². The van der Waals surface area contributed by atoms with E-state index < -0.39 is 18.5 Å². The van der Waals surface area contributed by atoms with Gasteiger partial charge in [0.15, 0.2) is 12.4 Å². The lowest BCUT2D eigenvalue weighted by Gasteiger charge is -2.08. The number of Topliss-reactive ketones (excluding diaryl/α,β-unsaturated/α-hetero) is 1. The van der Waals surface area contributed by atoms with Gasteiger partial charge in [-0.2, -0.15) is 0 Å². The summed E-state index contributed by atoms with van der Waals surface area (Å²) in [6, 6.07) is 13.1. The quantitative estimate of drug-likeness (QED) is 0.477. The summed E-state index contributed by atoms with van der Waals surface area (Å²) in [5, 5.41) is 5.80. The van der Waals surface area contributed by atoms with E-state index in [4.69, 9.17) is 16.3 Å². The number of rotatable bonds is 9. The van der Waals surface area contributed by atoms with E-state index in [-0.39, 0.29) is 31.0 Å². The first kappa shape index (κ1) is 22.1. The summed E-state index contributed by atoms with van der Waals surface area (Å²) in [4.78, 5) is 46.8. The Balaban J connectivity index is 1.65. The smallest absolute Gasteiger partial charge is 0.306 e. The fraction of sp³-hybridized carbons (Fsp3) is 0.238. The van der Waals surface area contributed by atoms with Crippen molar-refractivity contribution in [3.63, 3.8) is 0 Å². The van der Waals surface area contributed by atoms with Gasteiger partial charge in [-0.05, 0) is 49.7 Å². The van der Waals surface area contributed by atoms with Gasteiger partial charge >= 0.3 is 5.97 Å². The molecule has 0 aliphatic rings. The molecular weight excluding hydrogens is 396 g/mol. The lowest BCUT2D eigenvalue weighted by Crippen LogP contribution is -2.21. The van der Waals surface area contributed by atoms with Crippen molar-refractivity contribution >= 4 is 46.5 Å². The van der Waals surface area contributed by atoms with Gasteiger partial charge in [0.25, 0.3) is 5.91 Å². The molecular formula is C21H21ClN2O5. The Morgan fingerprint density at radius 3 is 2.28 bits per heavy atom. The molecule has 8 heteroatoms. The van der Waals surface area contributed by atoms with Crippen LogP contribution in [0.3, 0.4) is 0 Å². The number of anilines is 2. The summed E-state index contributed by atoms with van der Waals surface area (Å²) in [7, 11) is 0. The largest absolute Gasteiger partial charge is 0.456 e. The second kappa shape index (κ2) is 11.0. The Kier molecular flexibility index (Phi) is 8.36. The zero-order chi connectivity index (χ0) is 21.2. The summed E-state index contributed by atoms with van der Waals surface area (Å²) >= 11 is 5.76. The summed E-state index contributed by atoms with van der Waals surface area (Å²) in [5.41, 5.74) is 1.56. The summed E-state index contributed by atoms with van der Waals surface area (Å²) < 4.78 is 4.90. The highest BCUT2D eigenvalue weighted by Crippen LogP contribution is 2.14. The summed E-state index contributed by atoms with van der Waals surface area (Å²) in [5.74, 6) is -1.41. The maximum atomic E-state index is 11.9. The Morgan fingerprint density at radius 2 is 1.59 bits per heavy atom. The second-order valence-corrected chi connectivity index (χ2v) is 6.69. The van der Waals surface area contributed by atoms with Crippen molar-refractivity contribution in [3.05, 3.63) is 59.1 Å². The van der Waals surface area contributed by atoms with Crippen LogP contribution >= 0.6 is 11.6 Å². The zero-order valence-electron chi connectivity index (χ0n) is 15.9. The maximum absolute atomic E-state index is 11.9. The minimum absolute atomic E-state index is 0.00906. The van der Waals surface area contributed by atoms with Crippen molar-refractivity contribution in [1.82, 2.24) is 0 Å². The molecule has 0 atom stereocenters. The molecule has 2 aromatic rings. The monoisotopic (exact) mass is 416 g/mol. The highest BCUT2D eigenvalue weighted by Gasteiger charge is 2.10. The van der Waals surface area contributed by atoms with Crippen LogP contribution in [0, 0.1) is 0 Å². The summed E-state index contributed by atoms with van der Waals surface area (Å²) in [6.45, 7) is 1.04. The number of amides is 2. The molecule has 2 amide bonds. The third-order valence-corrected chi connectivity index (χ3v) is 4.08. The SMILES string of the molecule is CC(=O)c1cccc(NC(=O)CCCC(=O)OCC(=O)Nc2ccc(Cl)cc2)c1. The van der Waals surface area contributed by atoms with E-state index in [1.54, 1.807) is 48.5 Å². The maximum Gasteiger partial charge on any atom is 0.306 e. The van der Waals surface area contributed by atoms with Gasteiger partial charge in [0.1, 0.15) is 0 Å². The predicted octanol–water partition coefficient (Wildman–Crippen LogP) is 3.83. The number of halogens is 1. The van der Waals surface area contributed by atoms with Crippen LogP contribution in [0.4, 0.5) is 11.4 Å². The number of ether oxygens (including phenoxy) is 1. The van der Waals surface area contributed by atoms with Gasteiger partial charge in [-0.25, -0.2) is 0 Å². The van der Waals surface area contributed by atoms with Crippen LogP contribution in [0.1, 0.15) is 36.5 Å². The number of ketones is 1. The zero-order valence-corrected chi connectivity index (χ0v) is 16.6. The molecule has 0 radical (unpaired) electrons. The molecule has 0 saturated heterocycles. The minimum Gasteiger partial charge on any atom is -0.456 e. The fourth-order valence-electron chi connectivity index (χ4n) is 2.38. The van der Waals surface area contributed by atoms with Crippen molar-refractivity contribution < 1.29 is 23.9 Å². The number of hydrogen-bond donors (Lipinski definition) is 2. The molecule has 0 aliphatic heterocycles. The van der Waals surface area contributed by atoms with Crippen LogP contribution in [0.15, 0.2) is 48.5 Å². The van der Waals surface area contributed by atoms with Gasteiger partial charge in [0.05, 0.1) is 0 Å². The van der Waals surface area contributed by atoms with Gasteiger partial charge in [-0.3, -0.25) is 19.2 Å². The normalized spacial score (nSPS) is 10.1. The molecule has 2 N–H and O–H groups in total. The molecule has 0 saturated carbocycles. The summed E-state index contributed by atoms with van der Waals surface area (Å²) in [6.07, 6.45) is 0.390. The van der Waals surface area contributed by atoms with E-state index in [1.807, 2.05) is 0 Å². The molecule has 0 unspecified atom stereocenters. The van der Waals surface area contributed by atoms with Crippen LogP contribution < -0.4 is 10.6 Å².